The van der Waals surface area contributed by atoms with Crippen molar-refractivity contribution in [1.29, 1.82) is 0 Å². The van der Waals surface area contributed by atoms with Crippen LogP contribution in [0.1, 0.15) is 31.7 Å². The Labute approximate surface area is 92.0 Å². The van der Waals surface area contributed by atoms with Crippen molar-refractivity contribution < 1.29 is 0 Å². The molecule has 2 N–H and O–H groups in total. The van der Waals surface area contributed by atoms with Crippen molar-refractivity contribution in [3.05, 3.63) is 29.1 Å². The lowest BCUT2D eigenvalue weighted by molar-refractivity contribution is 0.623. The average Bonchev–Trinajstić information content (AvgIpc) is 2.55. The van der Waals surface area contributed by atoms with Gasteiger partial charge in [-0.25, -0.2) is 0 Å². The minimum Gasteiger partial charge on any atom is -0.330 e. The van der Waals surface area contributed by atoms with Crippen molar-refractivity contribution in [2.75, 3.05) is 6.54 Å². The molecular formula is C12H21N3. The summed E-state index contributed by atoms with van der Waals surface area (Å²) >= 11 is 0. The molecule has 0 aliphatic heterocycles. The predicted octanol–water partition coefficient (Wildman–Crippen LogP) is 2.05. The van der Waals surface area contributed by atoms with E-state index in [9.17, 15) is 0 Å². The molecule has 0 amide bonds. The van der Waals surface area contributed by atoms with Crippen LogP contribution in [-0.2, 0) is 13.0 Å². The topological polar surface area (TPSA) is 43.8 Å². The molecule has 84 valence electrons. The quantitative estimate of drug-likeness (QED) is 0.751. The molecule has 3 heteroatoms. The molecule has 0 aliphatic carbocycles. The lowest BCUT2D eigenvalue weighted by Crippen LogP contribution is -2.03. The summed E-state index contributed by atoms with van der Waals surface area (Å²) in [6, 6.07) is 2.16. The molecule has 0 atom stereocenters. The van der Waals surface area contributed by atoms with Gasteiger partial charge in [0.15, 0.2) is 0 Å². The van der Waals surface area contributed by atoms with E-state index in [1.165, 1.54) is 11.3 Å². The third kappa shape index (κ3) is 3.51. The second-order valence-electron chi connectivity index (χ2n) is 3.90. The summed E-state index contributed by atoms with van der Waals surface area (Å²) in [7, 11) is 0. The van der Waals surface area contributed by atoms with Gasteiger partial charge in [-0.15, -0.1) is 0 Å². The number of hydrogen-bond acceptors (Lipinski definition) is 2. The van der Waals surface area contributed by atoms with E-state index < -0.39 is 0 Å². The van der Waals surface area contributed by atoms with Crippen LogP contribution in [0.2, 0.25) is 0 Å². The van der Waals surface area contributed by atoms with E-state index >= 15 is 0 Å². The van der Waals surface area contributed by atoms with Gasteiger partial charge in [0.05, 0.1) is 5.69 Å². The lowest BCUT2D eigenvalue weighted by atomic mass is 10.1. The van der Waals surface area contributed by atoms with Crippen LogP contribution in [0.4, 0.5) is 0 Å². The first-order valence-corrected chi connectivity index (χ1v) is 5.56. The van der Waals surface area contributed by atoms with Gasteiger partial charge in [-0.1, -0.05) is 11.6 Å². The average molecular weight is 207 g/mol. The molecule has 0 spiro atoms. The lowest BCUT2D eigenvalue weighted by Gasteiger charge is -2.04. The fourth-order valence-corrected chi connectivity index (χ4v) is 1.70. The molecule has 1 rings (SSSR count). The second-order valence-corrected chi connectivity index (χ2v) is 3.90. The summed E-state index contributed by atoms with van der Waals surface area (Å²) < 4.78 is 2.06. The van der Waals surface area contributed by atoms with E-state index in [0.29, 0.717) is 0 Å². The molecule has 15 heavy (non-hydrogen) atoms. The molecule has 0 fully saturated rings. The van der Waals surface area contributed by atoms with E-state index in [4.69, 9.17) is 5.73 Å². The number of nitrogens with two attached hydrogens (primary N) is 1. The Balaban J connectivity index is 2.70. The van der Waals surface area contributed by atoms with E-state index in [2.05, 4.69) is 35.8 Å². The minimum absolute atomic E-state index is 0.726. The molecular weight excluding hydrogens is 186 g/mol. The largest absolute Gasteiger partial charge is 0.330 e. The van der Waals surface area contributed by atoms with Crippen molar-refractivity contribution in [3.8, 4) is 0 Å². The highest BCUT2D eigenvalue weighted by molar-refractivity contribution is 5.16. The molecule has 0 bridgehead atoms. The van der Waals surface area contributed by atoms with Gasteiger partial charge in [0.2, 0.25) is 0 Å². The molecule has 0 radical (unpaired) electrons. The van der Waals surface area contributed by atoms with Gasteiger partial charge in [0.1, 0.15) is 0 Å². The third-order valence-electron chi connectivity index (χ3n) is 2.40. The molecule has 1 aromatic heterocycles. The Bertz CT molecular complexity index is 337. The van der Waals surface area contributed by atoms with E-state index in [1.807, 2.05) is 6.92 Å². The Kier molecular flexibility index (Phi) is 4.56. The Hall–Kier alpha value is -1.09. The van der Waals surface area contributed by atoms with Crippen LogP contribution in [0, 0.1) is 6.92 Å². The maximum Gasteiger partial charge on any atom is 0.0596 e. The summed E-state index contributed by atoms with van der Waals surface area (Å²) in [6.45, 7) is 7.97. The Morgan fingerprint density at radius 1 is 1.60 bits per heavy atom. The first-order chi connectivity index (χ1) is 7.17. The van der Waals surface area contributed by atoms with Crippen molar-refractivity contribution in [1.82, 2.24) is 9.78 Å². The molecule has 0 aromatic carbocycles. The maximum atomic E-state index is 5.47. The zero-order valence-electron chi connectivity index (χ0n) is 9.95. The SMILES string of the molecule is CCn1nc(C)cc1CC(C)=CCCN. The van der Waals surface area contributed by atoms with Gasteiger partial charge in [0.25, 0.3) is 0 Å². The molecule has 3 nitrogen and oxygen atoms in total. The molecule has 0 aliphatic rings. The standard InChI is InChI=1S/C12H21N3/c1-4-15-12(9-11(3)14-15)8-10(2)6-5-7-13/h6,9H,4-5,7-8,13H2,1-3H3. The van der Waals surface area contributed by atoms with Crippen molar-refractivity contribution >= 4 is 0 Å². The molecule has 0 saturated heterocycles. The Morgan fingerprint density at radius 3 is 2.93 bits per heavy atom. The normalized spacial score (nSPS) is 12.1. The first-order valence-electron chi connectivity index (χ1n) is 5.56. The van der Waals surface area contributed by atoms with Gasteiger partial charge in [-0.2, -0.15) is 5.10 Å². The highest BCUT2D eigenvalue weighted by Gasteiger charge is 2.03. The molecule has 0 saturated carbocycles. The van der Waals surface area contributed by atoms with Crippen LogP contribution in [0.25, 0.3) is 0 Å². The van der Waals surface area contributed by atoms with Crippen LogP contribution >= 0.6 is 0 Å². The van der Waals surface area contributed by atoms with Crippen LogP contribution in [0.15, 0.2) is 17.7 Å². The van der Waals surface area contributed by atoms with Crippen LogP contribution in [0.5, 0.6) is 0 Å². The molecule has 1 aromatic rings. The fourth-order valence-electron chi connectivity index (χ4n) is 1.70. The van der Waals surface area contributed by atoms with Crippen molar-refractivity contribution in [2.45, 2.75) is 40.2 Å². The van der Waals surface area contributed by atoms with Gasteiger partial charge < -0.3 is 5.73 Å². The monoisotopic (exact) mass is 207 g/mol. The third-order valence-corrected chi connectivity index (χ3v) is 2.40. The van der Waals surface area contributed by atoms with E-state index in [1.54, 1.807) is 0 Å². The van der Waals surface area contributed by atoms with E-state index in [0.717, 1.165) is 31.6 Å². The van der Waals surface area contributed by atoms with Gasteiger partial charge >= 0.3 is 0 Å². The van der Waals surface area contributed by atoms with E-state index in [-0.39, 0.29) is 0 Å². The maximum absolute atomic E-state index is 5.47. The van der Waals surface area contributed by atoms with Crippen molar-refractivity contribution in [2.24, 2.45) is 5.73 Å². The summed E-state index contributed by atoms with van der Waals surface area (Å²) in [5, 5.41) is 4.43. The number of aryl methyl sites for hydroxylation is 2. The highest BCUT2D eigenvalue weighted by atomic mass is 15.3. The number of allylic oxidation sites excluding steroid dienone is 1. The van der Waals surface area contributed by atoms with Crippen LogP contribution < -0.4 is 5.73 Å². The van der Waals surface area contributed by atoms with Crippen molar-refractivity contribution in [3.63, 3.8) is 0 Å². The van der Waals surface area contributed by atoms with Gasteiger partial charge in [0, 0.05) is 18.7 Å². The summed E-state index contributed by atoms with van der Waals surface area (Å²) in [5.41, 5.74) is 9.23. The first kappa shape index (κ1) is 12.0. The van der Waals surface area contributed by atoms with Gasteiger partial charge in [-0.05, 0) is 39.8 Å². The second kappa shape index (κ2) is 5.71. The summed E-state index contributed by atoms with van der Waals surface area (Å²) in [5.74, 6) is 0. The summed E-state index contributed by atoms with van der Waals surface area (Å²) in [6.07, 6.45) is 4.15. The fraction of sp³-hybridized carbons (Fsp3) is 0.583. The zero-order valence-corrected chi connectivity index (χ0v) is 9.95. The number of aromatic nitrogens is 2. The smallest absolute Gasteiger partial charge is 0.0596 e. The van der Waals surface area contributed by atoms with Crippen LogP contribution in [-0.4, -0.2) is 16.3 Å². The van der Waals surface area contributed by atoms with Gasteiger partial charge in [-0.3, -0.25) is 4.68 Å². The summed E-state index contributed by atoms with van der Waals surface area (Å²) in [4.78, 5) is 0. The number of rotatable bonds is 5. The predicted molar refractivity (Wildman–Crippen MR) is 63.8 cm³/mol. The molecule has 1 heterocycles. The number of nitrogens with zero attached hydrogens (tertiary/aromatic N) is 2. The van der Waals surface area contributed by atoms with Crippen LogP contribution in [0.3, 0.4) is 0 Å². The molecule has 0 unspecified atom stereocenters. The highest BCUT2D eigenvalue weighted by Crippen LogP contribution is 2.10. The Morgan fingerprint density at radius 2 is 2.33 bits per heavy atom. The zero-order chi connectivity index (χ0) is 11.3. The number of hydrogen-bond donors (Lipinski definition) is 1. The minimum atomic E-state index is 0.726.